The van der Waals surface area contributed by atoms with E-state index in [2.05, 4.69) is 29.4 Å². The molecule has 3 N–H and O–H groups in total. The lowest BCUT2D eigenvalue weighted by Gasteiger charge is -2.36. The maximum absolute atomic E-state index is 13.3. The zero-order valence-corrected chi connectivity index (χ0v) is 15.2. The number of nitrogens with two attached hydrogens (primary N) is 1. The minimum absolute atomic E-state index is 0.162. The molecule has 0 aliphatic carbocycles. The molecule has 1 aliphatic heterocycles. The molecule has 2 aromatic carbocycles. The summed E-state index contributed by atoms with van der Waals surface area (Å²) < 4.78 is 18.8. The number of anilines is 1. The molecule has 138 valence electrons. The van der Waals surface area contributed by atoms with Gasteiger partial charge in [-0.05, 0) is 54.7 Å². The first-order valence-corrected chi connectivity index (χ1v) is 9.11. The number of hydrogen-bond donors (Lipinski definition) is 2. The lowest BCUT2D eigenvalue weighted by molar-refractivity contribution is 0.0531. The van der Waals surface area contributed by atoms with Crippen molar-refractivity contribution in [2.24, 2.45) is 10.7 Å². The topological polar surface area (TPSA) is 59.6 Å². The van der Waals surface area contributed by atoms with Gasteiger partial charge in [0.25, 0.3) is 0 Å². The Hall–Kier alpha value is -2.40. The van der Waals surface area contributed by atoms with Gasteiger partial charge in [-0.3, -0.25) is 4.99 Å². The molecular weight excluding hydrogens is 329 g/mol. The van der Waals surface area contributed by atoms with Crippen LogP contribution in [0.4, 0.5) is 10.1 Å². The minimum atomic E-state index is -0.226. The third kappa shape index (κ3) is 4.41. The van der Waals surface area contributed by atoms with Crippen molar-refractivity contribution < 1.29 is 9.13 Å². The van der Waals surface area contributed by atoms with Crippen LogP contribution in [0.25, 0.3) is 0 Å². The molecule has 1 fully saturated rings. The van der Waals surface area contributed by atoms with Crippen LogP contribution in [0.3, 0.4) is 0 Å². The number of halogens is 1. The zero-order valence-electron chi connectivity index (χ0n) is 15.2. The summed E-state index contributed by atoms with van der Waals surface area (Å²) in [4.78, 5) is 4.59. The predicted molar refractivity (Wildman–Crippen MR) is 104 cm³/mol. The number of ether oxygens (including phenoxy) is 1. The van der Waals surface area contributed by atoms with E-state index in [-0.39, 0.29) is 11.2 Å². The summed E-state index contributed by atoms with van der Waals surface area (Å²) in [6, 6.07) is 14.9. The predicted octanol–water partition coefficient (Wildman–Crippen LogP) is 3.86. The summed E-state index contributed by atoms with van der Waals surface area (Å²) in [7, 11) is 0. The number of hydrogen-bond acceptors (Lipinski definition) is 2. The molecule has 0 bridgehead atoms. The van der Waals surface area contributed by atoms with Crippen LogP contribution in [0.2, 0.25) is 0 Å². The van der Waals surface area contributed by atoms with Crippen LogP contribution < -0.4 is 11.1 Å². The molecule has 2 aromatic rings. The van der Waals surface area contributed by atoms with Crippen LogP contribution in [0.15, 0.2) is 53.5 Å². The van der Waals surface area contributed by atoms with Crippen LogP contribution in [0.5, 0.6) is 0 Å². The number of benzene rings is 2. The van der Waals surface area contributed by atoms with Gasteiger partial charge in [-0.2, -0.15) is 0 Å². The summed E-state index contributed by atoms with van der Waals surface area (Å²) in [5, 5.41) is 3.15. The van der Waals surface area contributed by atoms with Crippen LogP contribution in [0.1, 0.15) is 30.9 Å². The third-order valence-electron chi connectivity index (χ3n) is 5.09. The van der Waals surface area contributed by atoms with E-state index < -0.39 is 0 Å². The largest absolute Gasteiger partial charge is 0.381 e. The first kappa shape index (κ1) is 18.4. The number of nitrogens with zero attached hydrogens (tertiary/aromatic N) is 1. The second-order valence-corrected chi connectivity index (χ2v) is 6.78. The van der Waals surface area contributed by atoms with Gasteiger partial charge in [0.1, 0.15) is 5.82 Å². The molecule has 4 nitrogen and oxygen atoms in total. The molecule has 0 spiro atoms. The molecule has 1 saturated heterocycles. The van der Waals surface area contributed by atoms with Crippen molar-refractivity contribution >= 4 is 11.6 Å². The van der Waals surface area contributed by atoms with Gasteiger partial charge in [0.15, 0.2) is 5.96 Å². The molecule has 0 unspecified atom stereocenters. The van der Waals surface area contributed by atoms with E-state index >= 15 is 0 Å². The molecule has 1 heterocycles. The first-order chi connectivity index (χ1) is 12.6. The monoisotopic (exact) mass is 355 g/mol. The number of rotatable bonds is 5. The van der Waals surface area contributed by atoms with Gasteiger partial charge in [-0.15, -0.1) is 0 Å². The van der Waals surface area contributed by atoms with E-state index in [4.69, 9.17) is 10.5 Å². The van der Waals surface area contributed by atoms with Crippen molar-refractivity contribution in [3.63, 3.8) is 0 Å². The lowest BCUT2D eigenvalue weighted by Crippen LogP contribution is -2.38. The number of aliphatic imine (C=N–C) groups is 1. The Balaban J connectivity index is 1.73. The molecule has 0 aromatic heterocycles. The number of aryl methyl sites for hydroxylation is 1. The van der Waals surface area contributed by atoms with Crippen molar-refractivity contribution in [3.05, 3.63) is 65.5 Å². The van der Waals surface area contributed by atoms with Crippen LogP contribution in [-0.4, -0.2) is 25.7 Å². The molecule has 0 amide bonds. The Bertz CT molecular complexity index is 735. The lowest BCUT2D eigenvalue weighted by atomic mass is 9.74. The highest BCUT2D eigenvalue weighted by molar-refractivity contribution is 5.92. The number of nitrogens with one attached hydrogen (secondary N) is 1. The normalized spacial score (nSPS) is 17.1. The Morgan fingerprint density at radius 1 is 1.12 bits per heavy atom. The van der Waals surface area contributed by atoms with Gasteiger partial charge in [-0.25, -0.2) is 4.39 Å². The summed E-state index contributed by atoms with van der Waals surface area (Å²) in [5.74, 6) is 0.165. The Labute approximate surface area is 154 Å². The van der Waals surface area contributed by atoms with E-state index in [1.807, 2.05) is 24.3 Å². The maximum Gasteiger partial charge on any atom is 0.193 e. The molecule has 3 rings (SSSR count). The number of guanidine groups is 1. The van der Waals surface area contributed by atoms with Crippen molar-refractivity contribution in [3.8, 4) is 0 Å². The van der Waals surface area contributed by atoms with E-state index in [1.165, 1.54) is 17.7 Å². The minimum Gasteiger partial charge on any atom is -0.381 e. The molecule has 5 heteroatoms. The summed E-state index contributed by atoms with van der Waals surface area (Å²) >= 11 is 0. The van der Waals surface area contributed by atoms with Crippen molar-refractivity contribution in [2.45, 2.75) is 31.6 Å². The standard InChI is InChI=1S/C21H26FN3O/c1-2-16-3-9-19(10-4-16)25-20(23)24-15-21(11-13-26-14-12-21)17-5-7-18(22)8-6-17/h3-10H,2,11-15H2,1H3,(H3,23,24,25). The molecule has 0 radical (unpaired) electrons. The van der Waals surface area contributed by atoms with Crippen molar-refractivity contribution in [1.29, 1.82) is 0 Å². The third-order valence-corrected chi connectivity index (χ3v) is 5.09. The van der Waals surface area contributed by atoms with Gasteiger partial charge in [0.2, 0.25) is 0 Å². The smallest absolute Gasteiger partial charge is 0.193 e. The average molecular weight is 355 g/mol. The summed E-state index contributed by atoms with van der Waals surface area (Å²) in [6.07, 6.45) is 2.70. The van der Waals surface area contributed by atoms with Gasteiger partial charge in [0.05, 0.1) is 6.54 Å². The molecule has 1 aliphatic rings. The highest BCUT2D eigenvalue weighted by atomic mass is 19.1. The second kappa shape index (κ2) is 8.32. The highest BCUT2D eigenvalue weighted by Gasteiger charge is 2.34. The molecular formula is C21H26FN3O. The highest BCUT2D eigenvalue weighted by Crippen LogP contribution is 2.35. The van der Waals surface area contributed by atoms with Gasteiger partial charge < -0.3 is 15.8 Å². The Kier molecular flexibility index (Phi) is 5.89. The van der Waals surface area contributed by atoms with Crippen LogP contribution in [-0.2, 0) is 16.6 Å². The molecule has 0 saturated carbocycles. The van der Waals surface area contributed by atoms with E-state index in [0.29, 0.717) is 25.7 Å². The summed E-state index contributed by atoms with van der Waals surface area (Å²) in [5.41, 5.74) is 9.23. The Morgan fingerprint density at radius 3 is 2.38 bits per heavy atom. The Morgan fingerprint density at radius 2 is 1.77 bits per heavy atom. The van der Waals surface area contributed by atoms with E-state index in [9.17, 15) is 4.39 Å². The van der Waals surface area contributed by atoms with E-state index in [0.717, 1.165) is 30.5 Å². The van der Waals surface area contributed by atoms with Crippen molar-refractivity contribution in [1.82, 2.24) is 0 Å². The van der Waals surface area contributed by atoms with Crippen LogP contribution in [0, 0.1) is 5.82 Å². The fourth-order valence-corrected chi connectivity index (χ4v) is 3.35. The maximum atomic E-state index is 13.3. The van der Waals surface area contributed by atoms with E-state index in [1.54, 1.807) is 0 Å². The molecule has 26 heavy (non-hydrogen) atoms. The van der Waals surface area contributed by atoms with Gasteiger partial charge in [0, 0.05) is 24.3 Å². The quantitative estimate of drug-likeness (QED) is 0.632. The second-order valence-electron chi connectivity index (χ2n) is 6.78. The zero-order chi connectivity index (χ0) is 18.4. The molecule has 0 atom stereocenters. The first-order valence-electron chi connectivity index (χ1n) is 9.11. The average Bonchev–Trinajstić information content (AvgIpc) is 2.68. The fourth-order valence-electron chi connectivity index (χ4n) is 3.35. The fraction of sp³-hybridized carbons (Fsp3) is 0.381. The summed E-state index contributed by atoms with van der Waals surface area (Å²) in [6.45, 7) is 4.03. The van der Waals surface area contributed by atoms with Crippen LogP contribution >= 0.6 is 0 Å². The van der Waals surface area contributed by atoms with Gasteiger partial charge >= 0.3 is 0 Å². The van der Waals surface area contributed by atoms with Crippen molar-refractivity contribution in [2.75, 3.05) is 25.1 Å². The SMILES string of the molecule is CCc1ccc(NC(N)=NCC2(c3ccc(F)cc3)CCOCC2)cc1. The van der Waals surface area contributed by atoms with Gasteiger partial charge in [-0.1, -0.05) is 31.2 Å².